The molecule has 0 bridgehead atoms. The second-order valence-electron chi connectivity index (χ2n) is 7.12. The number of ether oxygens (including phenoxy) is 1. The standard InChI is InChI=1S/C23H26N2O/c1-18-7-3-8-19(15-18)17-25-14-6-13-24-12-5-11-22(24)23(25)20-9-4-10-21(16-20)26-2/h3-5,7-12,15-16,23H,6,13-14,17H2,1-2H3. The van der Waals surface area contributed by atoms with E-state index in [1.54, 1.807) is 7.11 Å². The number of hydrogen-bond acceptors (Lipinski definition) is 2. The van der Waals surface area contributed by atoms with Crippen LogP contribution in [0, 0.1) is 6.92 Å². The second-order valence-corrected chi connectivity index (χ2v) is 7.12. The SMILES string of the molecule is COc1cccc(C2c3cccn3CCCN2Cc2cccc(C)c2)c1. The minimum atomic E-state index is 0.239. The van der Waals surface area contributed by atoms with E-state index in [1.165, 1.54) is 22.4 Å². The number of rotatable bonds is 4. The zero-order chi connectivity index (χ0) is 17.9. The zero-order valence-electron chi connectivity index (χ0n) is 15.6. The lowest BCUT2D eigenvalue weighted by Crippen LogP contribution is -2.29. The van der Waals surface area contributed by atoms with Crippen molar-refractivity contribution in [2.75, 3.05) is 13.7 Å². The third-order valence-corrected chi connectivity index (χ3v) is 5.23. The van der Waals surface area contributed by atoms with E-state index in [-0.39, 0.29) is 6.04 Å². The van der Waals surface area contributed by atoms with E-state index in [2.05, 4.69) is 77.2 Å². The van der Waals surface area contributed by atoms with E-state index in [0.717, 1.165) is 31.8 Å². The molecule has 0 N–H and O–H groups in total. The maximum absolute atomic E-state index is 5.49. The Morgan fingerprint density at radius 1 is 1.00 bits per heavy atom. The van der Waals surface area contributed by atoms with Crippen molar-refractivity contribution in [3.63, 3.8) is 0 Å². The fourth-order valence-corrected chi connectivity index (χ4v) is 4.05. The van der Waals surface area contributed by atoms with Crippen molar-refractivity contribution in [1.29, 1.82) is 0 Å². The molecule has 0 fully saturated rings. The Morgan fingerprint density at radius 3 is 2.73 bits per heavy atom. The van der Waals surface area contributed by atoms with E-state index in [0.29, 0.717) is 0 Å². The molecule has 0 spiro atoms. The van der Waals surface area contributed by atoms with Gasteiger partial charge in [0.1, 0.15) is 5.75 Å². The second kappa shape index (κ2) is 7.38. The van der Waals surface area contributed by atoms with Crippen LogP contribution in [-0.2, 0) is 13.1 Å². The molecule has 1 aliphatic heterocycles. The van der Waals surface area contributed by atoms with Gasteiger partial charge in [-0.3, -0.25) is 4.90 Å². The first kappa shape index (κ1) is 16.9. The first-order valence-corrected chi connectivity index (χ1v) is 9.33. The van der Waals surface area contributed by atoms with Gasteiger partial charge in [-0.15, -0.1) is 0 Å². The monoisotopic (exact) mass is 346 g/mol. The molecular weight excluding hydrogens is 320 g/mol. The van der Waals surface area contributed by atoms with Gasteiger partial charge in [0.2, 0.25) is 0 Å². The molecule has 3 nitrogen and oxygen atoms in total. The molecule has 0 saturated carbocycles. The normalized spacial score (nSPS) is 17.5. The molecule has 0 saturated heterocycles. The fraction of sp³-hybridized carbons (Fsp3) is 0.304. The number of aromatic nitrogens is 1. The van der Waals surface area contributed by atoms with Gasteiger partial charge in [0, 0.05) is 31.5 Å². The summed E-state index contributed by atoms with van der Waals surface area (Å²) < 4.78 is 7.89. The lowest BCUT2D eigenvalue weighted by Gasteiger charge is -2.31. The molecule has 134 valence electrons. The van der Waals surface area contributed by atoms with Gasteiger partial charge in [0.25, 0.3) is 0 Å². The van der Waals surface area contributed by atoms with Crippen LogP contribution in [0.2, 0.25) is 0 Å². The molecule has 26 heavy (non-hydrogen) atoms. The van der Waals surface area contributed by atoms with Gasteiger partial charge in [-0.2, -0.15) is 0 Å². The van der Waals surface area contributed by atoms with E-state index < -0.39 is 0 Å². The Hall–Kier alpha value is -2.52. The highest BCUT2D eigenvalue weighted by Crippen LogP contribution is 2.34. The van der Waals surface area contributed by atoms with Gasteiger partial charge in [-0.1, -0.05) is 42.0 Å². The van der Waals surface area contributed by atoms with Crippen LogP contribution in [0.5, 0.6) is 5.75 Å². The van der Waals surface area contributed by atoms with Gasteiger partial charge >= 0.3 is 0 Å². The summed E-state index contributed by atoms with van der Waals surface area (Å²) in [5.74, 6) is 0.917. The smallest absolute Gasteiger partial charge is 0.119 e. The predicted octanol–water partition coefficient (Wildman–Crippen LogP) is 4.80. The molecule has 2 heterocycles. The molecule has 0 aliphatic carbocycles. The number of hydrogen-bond donors (Lipinski definition) is 0. The Morgan fingerprint density at radius 2 is 1.88 bits per heavy atom. The summed E-state index contributed by atoms with van der Waals surface area (Å²) in [5, 5.41) is 0. The Kier molecular flexibility index (Phi) is 4.81. The first-order valence-electron chi connectivity index (χ1n) is 9.33. The summed E-state index contributed by atoms with van der Waals surface area (Å²) in [7, 11) is 1.74. The lowest BCUT2D eigenvalue weighted by atomic mass is 10.0. The van der Waals surface area contributed by atoms with Crippen molar-refractivity contribution in [3.05, 3.63) is 89.2 Å². The van der Waals surface area contributed by atoms with E-state index in [1.807, 2.05) is 6.07 Å². The quantitative estimate of drug-likeness (QED) is 0.675. The van der Waals surface area contributed by atoms with Crippen LogP contribution < -0.4 is 4.74 Å². The predicted molar refractivity (Wildman–Crippen MR) is 105 cm³/mol. The van der Waals surface area contributed by atoms with Gasteiger partial charge in [0.15, 0.2) is 0 Å². The van der Waals surface area contributed by atoms with Crippen LogP contribution in [0.1, 0.15) is 34.8 Å². The highest BCUT2D eigenvalue weighted by molar-refractivity contribution is 5.36. The number of nitrogens with zero attached hydrogens (tertiary/aromatic N) is 2. The third kappa shape index (κ3) is 3.40. The molecule has 1 unspecified atom stereocenters. The number of aryl methyl sites for hydroxylation is 2. The number of fused-ring (bicyclic) bond motifs is 1. The number of benzene rings is 2. The van der Waals surface area contributed by atoms with Crippen molar-refractivity contribution >= 4 is 0 Å². The molecule has 2 aromatic carbocycles. The molecule has 3 aromatic rings. The fourth-order valence-electron chi connectivity index (χ4n) is 4.05. The summed E-state index contributed by atoms with van der Waals surface area (Å²) >= 11 is 0. The Labute approximate surface area is 155 Å². The maximum Gasteiger partial charge on any atom is 0.119 e. The highest BCUT2D eigenvalue weighted by Gasteiger charge is 2.27. The lowest BCUT2D eigenvalue weighted by molar-refractivity contribution is 0.220. The molecule has 1 aliphatic rings. The van der Waals surface area contributed by atoms with E-state index >= 15 is 0 Å². The molecule has 0 radical (unpaired) electrons. The summed E-state index contributed by atoms with van der Waals surface area (Å²) in [6.45, 7) is 5.27. The van der Waals surface area contributed by atoms with Crippen molar-refractivity contribution in [1.82, 2.24) is 9.47 Å². The van der Waals surface area contributed by atoms with Crippen molar-refractivity contribution < 1.29 is 4.74 Å². The average molecular weight is 346 g/mol. The van der Waals surface area contributed by atoms with Crippen LogP contribution >= 0.6 is 0 Å². The first-order chi connectivity index (χ1) is 12.7. The number of methoxy groups -OCH3 is 1. The average Bonchev–Trinajstić information content (AvgIpc) is 3.03. The van der Waals surface area contributed by atoms with E-state index in [9.17, 15) is 0 Å². The van der Waals surface area contributed by atoms with Crippen LogP contribution in [-0.4, -0.2) is 23.1 Å². The van der Waals surface area contributed by atoms with Crippen LogP contribution in [0.4, 0.5) is 0 Å². The van der Waals surface area contributed by atoms with Crippen LogP contribution in [0.25, 0.3) is 0 Å². The topological polar surface area (TPSA) is 17.4 Å². The summed E-state index contributed by atoms with van der Waals surface area (Å²) in [6, 6.07) is 22.0. The maximum atomic E-state index is 5.49. The molecular formula is C23H26N2O. The molecule has 4 rings (SSSR count). The van der Waals surface area contributed by atoms with Gasteiger partial charge in [-0.25, -0.2) is 0 Å². The van der Waals surface area contributed by atoms with Gasteiger partial charge in [0.05, 0.1) is 13.2 Å². The molecule has 1 aromatic heterocycles. The van der Waals surface area contributed by atoms with Gasteiger partial charge in [-0.05, 0) is 48.7 Å². The minimum Gasteiger partial charge on any atom is -0.497 e. The summed E-state index contributed by atoms with van der Waals surface area (Å²) in [5.41, 5.74) is 5.35. The highest BCUT2D eigenvalue weighted by atomic mass is 16.5. The molecule has 3 heteroatoms. The van der Waals surface area contributed by atoms with Crippen LogP contribution in [0.3, 0.4) is 0 Å². The van der Waals surface area contributed by atoms with Crippen molar-refractivity contribution in [3.8, 4) is 5.75 Å². The van der Waals surface area contributed by atoms with Crippen molar-refractivity contribution in [2.45, 2.75) is 32.5 Å². The summed E-state index contributed by atoms with van der Waals surface area (Å²) in [4.78, 5) is 2.60. The minimum absolute atomic E-state index is 0.239. The van der Waals surface area contributed by atoms with Gasteiger partial charge < -0.3 is 9.30 Å². The third-order valence-electron chi connectivity index (χ3n) is 5.23. The molecule has 1 atom stereocenters. The molecule has 0 amide bonds. The van der Waals surface area contributed by atoms with Crippen molar-refractivity contribution in [2.24, 2.45) is 0 Å². The van der Waals surface area contributed by atoms with Crippen LogP contribution in [0.15, 0.2) is 66.9 Å². The van der Waals surface area contributed by atoms with E-state index in [4.69, 9.17) is 4.74 Å². The largest absolute Gasteiger partial charge is 0.497 e. The zero-order valence-corrected chi connectivity index (χ0v) is 15.6. The Balaban J connectivity index is 1.75. The Bertz CT molecular complexity index is 883. The summed E-state index contributed by atoms with van der Waals surface area (Å²) in [6.07, 6.45) is 3.37.